The molecule has 0 aromatic carbocycles. The van der Waals surface area contributed by atoms with Crippen LogP contribution in [0.4, 0.5) is 0 Å². The molecule has 0 saturated heterocycles. The molecule has 0 aliphatic carbocycles. The molecule has 0 heterocycles. The molecule has 0 aliphatic rings. The van der Waals surface area contributed by atoms with Gasteiger partial charge in [-0.1, -0.05) is 13.3 Å². The maximum Gasteiger partial charge on any atom is 2.00 e. The van der Waals surface area contributed by atoms with E-state index in [1.165, 1.54) is 6.42 Å². The van der Waals surface area contributed by atoms with Crippen molar-refractivity contribution in [1.29, 1.82) is 0 Å². The second-order valence-electron chi connectivity index (χ2n) is 0.854. The minimum atomic E-state index is 0. The number of unbranched alkanes of at least 4 members (excludes halogenated alkanes) is 1. The average Bonchev–Trinajstić information content (AvgIpc) is 1.37. The van der Waals surface area contributed by atoms with Gasteiger partial charge in [-0.3, -0.25) is 0 Å². The van der Waals surface area contributed by atoms with Crippen LogP contribution in [0.2, 0.25) is 0 Å². The Balaban J connectivity index is -0.00000000750. The van der Waals surface area contributed by atoms with Crippen molar-refractivity contribution in [3.8, 4) is 0 Å². The number of halogens is 2. The quantitative estimate of drug-likeness (QED) is 0.337. The zero-order chi connectivity index (χ0) is 3.41. The van der Waals surface area contributed by atoms with E-state index in [4.69, 9.17) is 0 Å². The van der Waals surface area contributed by atoms with Crippen LogP contribution in [0.1, 0.15) is 19.8 Å². The van der Waals surface area contributed by atoms with Crippen molar-refractivity contribution in [2.45, 2.75) is 19.8 Å². The summed E-state index contributed by atoms with van der Waals surface area (Å²) in [4.78, 5) is 0. The molecule has 0 rings (SSSR count). The van der Waals surface area contributed by atoms with Gasteiger partial charge in [0.1, 0.15) is 0 Å². The minimum Gasteiger partial charge on any atom is -1.00 e. The van der Waals surface area contributed by atoms with Crippen LogP contribution >= 0.6 is 0 Å². The second kappa shape index (κ2) is 34.9. The van der Waals surface area contributed by atoms with E-state index in [1.54, 1.807) is 0 Å². The fraction of sp³-hybridized carbons (Fsp3) is 0.750. The van der Waals surface area contributed by atoms with Crippen molar-refractivity contribution < 1.29 is 51.0 Å². The molecule has 0 radical (unpaired) electrons. The largest absolute Gasteiger partial charge is 2.00 e. The van der Waals surface area contributed by atoms with E-state index in [0.29, 0.717) is 0 Å². The summed E-state index contributed by atoms with van der Waals surface area (Å²) < 4.78 is 0. The summed E-state index contributed by atoms with van der Waals surface area (Å²) in [5, 5.41) is 0. The molecule has 0 spiro atoms. The van der Waals surface area contributed by atoms with E-state index in [9.17, 15) is 0 Å². The van der Waals surface area contributed by atoms with Gasteiger partial charge in [-0.15, -0.1) is 0 Å². The number of hydrogen-bond acceptors (Lipinski definition) is 0. The molecular weight excluding hydrogens is 296 g/mol. The standard InChI is InChI=1S/C4H9.2BrH.Cu.Mg/c1-3-4-2;;;;/h1,3-4H2,2H3;2*1H;;/q-1;;;+1;+2/p-2. The second-order valence-corrected chi connectivity index (χ2v) is 0.854. The Morgan fingerprint density at radius 2 is 1.38 bits per heavy atom. The Hall–Kier alpha value is 2.25. The van der Waals surface area contributed by atoms with Crippen LogP contribution in [-0.2, 0) is 17.1 Å². The summed E-state index contributed by atoms with van der Waals surface area (Å²) in [5.74, 6) is 0. The van der Waals surface area contributed by atoms with E-state index >= 15 is 0 Å². The first kappa shape index (κ1) is 31.8. The normalized spacial score (nSPS) is 3.75. The fourth-order valence-electron chi connectivity index (χ4n) is 0. The maximum absolute atomic E-state index is 3.60. The third-order valence-electron chi connectivity index (χ3n) is 0.354. The molecule has 0 aromatic rings. The van der Waals surface area contributed by atoms with E-state index in [1.807, 2.05) is 0 Å². The summed E-state index contributed by atoms with van der Waals surface area (Å²) in [6.07, 6.45) is 2.28. The van der Waals surface area contributed by atoms with Crippen molar-refractivity contribution in [1.82, 2.24) is 0 Å². The van der Waals surface area contributed by atoms with Gasteiger partial charge < -0.3 is 40.9 Å². The molecule has 0 saturated carbocycles. The van der Waals surface area contributed by atoms with Gasteiger partial charge >= 0.3 is 40.1 Å². The summed E-state index contributed by atoms with van der Waals surface area (Å²) in [7, 11) is 0. The van der Waals surface area contributed by atoms with Crippen LogP contribution in [0.15, 0.2) is 0 Å². The van der Waals surface area contributed by atoms with Gasteiger partial charge in [-0.2, -0.15) is 6.42 Å². The summed E-state index contributed by atoms with van der Waals surface area (Å²) in [6.45, 7) is 5.72. The number of hydrogen-bond donors (Lipinski definition) is 0. The Labute approximate surface area is 99.7 Å². The van der Waals surface area contributed by atoms with Crippen LogP contribution in [0.25, 0.3) is 0 Å². The molecule has 0 bridgehead atoms. The molecule has 0 fully saturated rings. The van der Waals surface area contributed by atoms with Crippen molar-refractivity contribution >= 4 is 23.1 Å². The molecule has 0 aromatic heterocycles. The van der Waals surface area contributed by atoms with Crippen molar-refractivity contribution in [2.75, 3.05) is 0 Å². The minimum absolute atomic E-state index is 0. The van der Waals surface area contributed by atoms with Gasteiger partial charge in [-0.05, 0) is 0 Å². The van der Waals surface area contributed by atoms with Crippen LogP contribution in [0, 0.1) is 6.92 Å². The Bertz CT molecular complexity index is 16.0. The Morgan fingerprint density at radius 1 is 1.25 bits per heavy atom. The van der Waals surface area contributed by atoms with Crippen molar-refractivity contribution in [3.63, 3.8) is 0 Å². The summed E-state index contributed by atoms with van der Waals surface area (Å²) in [6, 6.07) is 0. The molecule has 52 valence electrons. The Morgan fingerprint density at radius 3 is 1.38 bits per heavy atom. The van der Waals surface area contributed by atoms with E-state index in [-0.39, 0.29) is 74.1 Å². The zero-order valence-electron chi connectivity index (χ0n) is 4.89. The first-order chi connectivity index (χ1) is 1.91. The van der Waals surface area contributed by atoms with E-state index < -0.39 is 0 Å². The summed E-state index contributed by atoms with van der Waals surface area (Å²) >= 11 is 0. The monoisotopic (exact) mass is 302 g/mol. The van der Waals surface area contributed by atoms with Gasteiger partial charge in [-0.25, -0.2) is 0 Å². The van der Waals surface area contributed by atoms with Gasteiger partial charge in [0, 0.05) is 0 Å². The van der Waals surface area contributed by atoms with Crippen LogP contribution in [-0.4, -0.2) is 23.1 Å². The molecule has 0 aliphatic heterocycles. The topological polar surface area (TPSA) is 0 Å². The van der Waals surface area contributed by atoms with Crippen molar-refractivity contribution in [3.05, 3.63) is 6.92 Å². The molecule has 8 heavy (non-hydrogen) atoms. The smallest absolute Gasteiger partial charge is 1.00 e. The predicted octanol–water partition coefficient (Wildman–Crippen LogP) is -4.75. The summed E-state index contributed by atoms with van der Waals surface area (Å²) in [5.41, 5.74) is 0. The fourth-order valence-corrected chi connectivity index (χ4v) is 0. The van der Waals surface area contributed by atoms with Crippen LogP contribution in [0.5, 0.6) is 0 Å². The van der Waals surface area contributed by atoms with Gasteiger partial charge in [0.2, 0.25) is 0 Å². The molecular formula is C4H9Br2CuMg. The zero-order valence-corrected chi connectivity index (χ0v) is 10.4. The molecule has 0 unspecified atom stereocenters. The first-order valence-corrected chi connectivity index (χ1v) is 1.71. The van der Waals surface area contributed by atoms with Crippen LogP contribution < -0.4 is 34.0 Å². The third-order valence-corrected chi connectivity index (χ3v) is 0.354. The number of rotatable bonds is 1. The van der Waals surface area contributed by atoms with Gasteiger partial charge in [0.05, 0.1) is 0 Å². The maximum atomic E-state index is 3.60. The molecule has 0 N–H and O–H groups in total. The molecule has 0 amide bonds. The third kappa shape index (κ3) is 41.1. The van der Waals surface area contributed by atoms with Gasteiger partial charge in [0.15, 0.2) is 0 Å². The molecule has 0 nitrogen and oxygen atoms in total. The average molecular weight is 305 g/mol. The predicted molar refractivity (Wildman–Crippen MR) is 26.0 cm³/mol. The van der Waals surface area contributed by atoms with E-state index in [2.05, 4.69) is 13.8 Å². The molecule has 0 atom stereocenters. The van der Waals surface area contributed by atoms with E-state index in [0.717, 1.165) is 6.42 Å². The Kier molecular flexibility index (Phi) is 139. The first-order valence-electron chi connectivity index (χ1n) is 1.71. The van der Waals surface area contributed by atoms with Gasteiger partial charge in [0.25, 0.3) is 0 Å². The SMILES string of the molecule is [Br-].[Br-].[CH2-]CCC.[Cu+].[Mg+2]. The van der Waals surface area contributed by atoms with Crippen LogP contribution in [0.3, 0.4) is 0 Å². The molecule has 4 heteroatoms. The van der Waals surface area contributed by atoms with Crippen molar-refractivity contribution in [2.24, 2.45) is 0 Å².